The Morgan fingerprint density at radius 2 is 1.29 bits per heavy atom. The number of hydrogen-bond acceptors (Lipinski definition) is 1. The Labute approximate surface area is 324 Å². The van der Waals surface area contributed by atoms with Gasteiger partial charge in [-0.1, -0.05) is 176 Å². The Morgan fingerprint density at radius 1 is 0.691 bits per heavy atom. The molecule has 0 amide bonds. The topological polar surface area (TPSA) is 8.17 Å². The summed E-state index contributed by atoms with van der Waals surface area (Å²) < 4.78 is 2.51. The van der Waals surface area contributed by atoms with Gasteiger partial charge in [-0.2, -0.15) is 0 Å². The lowest BCUT2D eigenvalue weighted by Gasteiger charge is -2.30. The SMILES string of the molecule is C=Cc1c(C2Cc3ccccc3-c3ccccc32)n(Cc2ccc(C)cc2)c(=C)/c1=C(\c1cc2ccccc2c2ccccc12)N(C)Cc1ccc(C)cc1. The molecular weight excluding hydrogens is 665 g/mol. The van der Waals surface area contributed by atoms with Crippen LogP contribution >= 0.6 is 0 Å². The van der Waals surface area contributed by atoms with Crippen LogP contribution in [0.25, 0.3) is 51.0 Å². The van der Waals surface area contributed by atoms with Crippen LogP contribution in [0.3, 0.4) is 0 Å². The van der Waals surface area contributed by atoms with Gasteiger partial charge in [0.25, 0.3) is 0 Å². The summed E-state index contributed by atoms with van der Waals surface area (Å²) in [5, 5.41) is 7.11. The maximum absolute atomic E-state index is 5.02. The van der Waals surface area contributed by atoms with Gasteiger partial charge in [0, 0.05) is 53.4 Å². The molecule has 0 spiro atoms. The summed E-state index contributed by atoms with van der Waals surface area (Å²) >= 11 is 0. The van der Waals surface area contributed by atoms with E-state index >= 15 is 0 Å². The van der Waals surface area contributed by atoms with E-state index in [0.29, 0.717) is 6.54 Å². The molecule has 1 atom stereocenters. The van der Waals surface area contributed by atoms with Crippen molar-refractivity contribution in [2.24, 2.45) is 0 Å². The molecule has 0 N–H and O–H groups in total. The van der Waals surface area contributed by atoms with Crippen molar-refractivity contribution in [1.82, 2.24) is 9.47 Å². The molecule has 1 aliphatic rings. The van der Waals surface area contributed by atoms with E-state index in [1.807, 2.05) is 0 Å². The highest BCUT2D eigenvalue weighted by atomic mass is 15.1. The van der Waals surface area contributed by atoms with E-state index in [2.05, 4.69) is 195 Å². The minimum absolute atomic E-state index is 0.107. The number of rotatable bonds is 8. The van der Waals surface area contributed by atoms with Gasteiger partial charge in [-0.25, -0.2) is 0 Å². The van der Waals surface area contributed by atoms with Crippen LogP contribution < -0.4 is 10.6 Å². The lowest BCUT2D eigenvalue weighted by atomic mass is 9.76. The zero-order valence-corrected chi connectivity index (χ0v) is 32.0. The standard InChI is InChI=1S/C53H46N2/c1-6-42-51(53(54(5)33-38-27-23-35(2)24-28-38)50-32-41-16-8-10-18-44(41)46-20-12-14-22-48(46)50)37(4)55(34-39-29-25-36(3)26-30-39)52(42)49-31-40-15-7-9-17-43(40)45-19-11-13-21-47(45)49/h6-30,32,49H,1,4,31,33-34H2,2-3,5H3/b53-51-. The summed E-state index contributed by atoms with van der Waals surface area (Å²) in [6.07, 6.45) is 3.01. The second-order valence-corrected chi connectivity index (χ2v) is 15.3. The average Bonchev–Trinajstić information content (AvgIpc) is 3.48. The Kier molecular flexibility index (Phi) is 8.83. The maximum atomic E-state index is 5.02. The van der Waals surface area contributed by atoms with Crippen molar-refractivity contribution in [3.05, 3.63) is 219 Å². The molecule has 7 aromatic carbocycles. The summed E-state index contributed by atoms with van der Waals surface area (Å²) in [6.45, 7) is 15.4. The summed E-state index contributed by atoms with van der Waals surface area (Å²) in [5.41, 5.74) is 15.2. The fraction of sp³-hybridized carbons (Fsp3) is 0.132. The number of aromatic nitrogens is 1. The molecule has 0 fully saturated rings. The van der Waals surface area contributed by atoms with Crippen LogP contribution in [0.1, 0.15) is 56.1 Å². The van der Waals surface area contributed by atoms with Crippen molar-refractivity contribution in [2.75, 3.05) is 7.05 Å². The van der Waals surface area contributed by atoms with Crippen LogP contribution in [0.4, 0.5) is 0 Å². The zero-order valence-electron chi connectivity index (χ0n) is 32.0. The fourth-order valence-electron chi connectivity index (χ4n) is 9.02. The lowest BCUT2D eigenvalue weighted by molar-refractivity contribution is 0.472. The number of benzene rings is 7. The number of nitrogens with zero attached hydrogens (tertiary/aromatic N) is 2. The van der Waals surface area contributed by atoms with Crippen molar-refractivity contribution < 1.29 is 0 Å². The molecule has 0 aliphatic heterocycles. The van der Waals surface area contributed by atoms with Crippen molar-refractivity contribution in [3.8, 4) is 11.1 Å². The molecule has 268 valence electrons. The minimum atomic E-state index is 0.107. The molecule has 1 aromatic heterocycles. The highest BCUT2D eigenvalue weighted by Gasteiger charge is 2.31. The Balaban J connectivity index is 1.40. The normalized spacial score (nSPS) is 14.1. The van der Waals surface area contributed by atoms with E-state index in [-0.39, 0.29) is 5.92 Å². The van der Waals surface area contributed by atoms with Crippen LogP contribution in [-0.4, -0.2) is 16.5 Å². The third kappa shape index (κ3) is 6.09. The summed E-state index contributed by atoms with van der Waals surface area (Å²) in [6, 6.07) is 55.9. The summed E-state index contributed by atoms with van der Waals surface area (Å²) in [7, 11) is 2.24. The number of aryl methyl sites for hydroxylation is 2. The van der Waals surface area contributed by atoms with Crippen LogP contribution in [0.15, 0.2) is 158 Å². The fourth-order valence-corrected chi connectivity index (χ4v) is 9.02. The van der Waals surface area contributed by atoms with Gasteiger partial charge in [0.15, 0.2) is 0 Å². The average molecular weight is 711 g/mol. The molecule has 2 nitrogen and oxygen atoms in total. The summed E-state index contributed by atoms with van der Waals surface area (Å²) in [4.78, 5) is 2.45. The lowest BCUT2D eigenvalue weighted by Crippen LogP contribution is -2.36. The molecule has 0 saturated heterocycles. The highest BCUT2D eigenvalue weighted by Crippen LogP contribution is 2.43. The molecule has 1 aliphatic carbocycles. The second-order valence-electron chi connectivity index (χ2n) is 15.3. The van der Waals surface area contributed by atoms with Crippen LogP contribution in [0.5, 0.6) is 0 Å². The van der Waals surface area contributed by atoms with Crippen molar-refractivity contribution in [1.29, 1.82) is 0 Å². The van der Waals surface area contributed by atoms with E-state index < -0.39 is 0 Å². The Bertz CT molecular complexity index is 2850. The van der Waals surface area contributed by atoms with Crippen molar-refractivity contribution in [2.45, 2.75) is 39.3 Å². The quantitative estimate of drug-likeness (QED) is 0.143. The zero-order chi connectivity index (χ0) is 37.6. The van der Waals surface area contributed by atoms with Crippen molar-refractivity contribution in [3.63, 3.8) is 0 Å². The molecule has 2 heteroatoms. The number of hydrogen-bond donors (Lipinski definition) is 0. The van der Waals surface area contributed by atoms with Crippen LogP contribution in [-0.2, 0) is 19.5 Å². The van der Waals surface area contributed by atoms with Gasteiger partial charge in [0.2, 0.25) is 0 Å². The first-order valence-corrected chi connectivity index (χ1v) is 19.4. The Morgan fingerprint density at radius 3 is 2.02 bits per heavy atom. The van der Waals surface area contributed by atoms with Gasteiger partial charge in [0.1, 0.15) is 0 Å². The monoisotopic (exact) mass is 710 g/mol. The van der Waals surface area contributed by atoms with Crippen LogP contribution in [0.2, 0.25) is 0 Å². The van der Waals surface area contributed by atoms with E-state index in [1.54, 1.807) is 0 Å². The minimum Gasteiger partial charge on any atom is -0.369 e. The largest absolute Gasteiger partial charge is 0.369 e. The third-order valence-corrected chi connectivity index (χ3v) is 11.7. The molecule has 55 heavy (non-hydrogen) atoms. The molecular formula is C53H46N2. The van der Waals surface area contributed by atoms with Crippen LogP contribution in [0, 0.1) is 13.8 Å². The molecule has 0 bridgehead atoms. The third-order valence-electron chi connectivity index (χ3n) is 11.7. The maximum Gasteiger partial charge on any atom is 0.0548 e. The molecule has 8 aromatic rings. The first kappa shape index (κ1) is 34.4. The number of fused-ring (bicyclic) bond motifs is 6. The van der Waals surface area contributed by atoms with Gasteiger partial charge >= 0.3 is 0 Å². The van der Waals surface area contributed by atoms with Gasteiger partial charge in [-0.05, 0) is 81.3 Å². The van der Waals surface area contributed by atoms with Gasteiger partial charge in [0.05, 0.1) is 5.70 Å². The molecule has 9 rings (SSSR count). The predicted molar refractivity (Wildman–Crippen MR) is 234 cm³/mol. The first-order valence-electron chi connectivity index (χ1n) is 19.4. The van der Waals surface area contributed by atoms with E-state index in [9.17, 15) is 0 Å². The van der Waals surface area contributed by atoms with Gasteiger partial charge in [-0.15, -0.1) is 0 Å². The predicted octanol–water partition coefficient (Wildman–Crippen LogP) is 11.2. The molecule has 0 radical (unpaired) electrons. The second kappa shape index (κ2) is 14.1. The first-order chi connectivity index (χ1) is 26.9. The smallest absolute Gasteiger partial charge is 0.0548 e. The molecule has 1 heterocycles. The highest BCUT2D eigenvalue weighted by molar-refractivity contribution is 6.11. The van der Waals surface area contributed by atoms with Crippen molar-refractivity contribution >= 4 is 39.9 Å². The molecule has 0 saturated carbocycles. The Hall–Kier alpha value is -6.38. The van der Waals surface area contributed by atoms with Gasteiger partial charge < -0.3 is 9.47 Å². The summed E-state index contributed by atoms with van der Waals surface area (Å²) in [5.74, 6) is 0.107. The van der Waals surface area contributed by atoms with E-state index in [4.69, 9.17) is 6.58 Å². The van der Waals surface area contributed by atoms with Gasteiger partial charge in [-0.3, -0.25) is 0 Å². The molecule has 1 unspecified atom stereocenters. The van der Waals surface area contributed by atoms with E-state index in [1.165, 1.54) is 77.3 Å². The van der Waals surface area contributed by atoms with E-state index in [0.717, 1.165) is 34.8 Å².